The SMILES string of the molecule is CC/C=C\C/C=C\C/C=C\C/C=C\C/C=C\CCCCCCCC(=O)OC(COC(=O)CCCCCCCC/C=C\C/C=C\C/C=C\CCCCC)COC(=O)CCCCCCCCCCCCCCCCCCCCCCCCCCC. The molecule has 1 unspecified atom stereocenters. The molecule has 6 nitrogen and oxygen atoms in total. The molecule has 0 spiro atoms. The Balaban J connectivity index is 4.39. The second-order valence-electron chi connectivity index (χ2n) is 23.8. The second-order valence-corrected chi connectivity index (χ2v) is 23.8. The molecule has 0 radical (unpaired) electrons. The van der Waals surface area contributed by atoms with E-state index in [1.165, 1.54) is 186 Å². The first kappa shape index (κ1) is 79.3. The number of unbranched alkanes of at least 4 members (excludes halogenated alkanes) is 38. The van der Waals surface area contributed by atoms with Crippen molar-refractivity contribution in [1.29, 1.82) is 0 Å². The fourth-order valence-corrected chi connectivity index (χ4v) is 10.2. The summed E-state index contributed by atoms with van der Waals surface area (Å²) in [6.45, 7) is 6.52. The highest BCUT2D eigenvalue weighted by atomic mass is 16.6. The summed E-state index contributed by atoms with van der Waals surface area (Å²) in [5.74, 6) is -0.902. The molecule has 0 aromatic rings. The molecule has 0 rings (SSSR count). The van der Waals surface area contributed by atoms with Crippen LogP contribution in [0.3, 0.4) is 0 Å². The predicted octanol–water partition coefficient (Wildman–Crippen LogP) is 24.8. The average Bonchev–Trinajstić information content (AvgIpc) is 3.50. The maximum absolute atomic E-state index is 13.0. The lowest BCUT2D eigenvalue weighted by Gasteiger charge is -2.18. The third-order valence-corrected chi connectivity index (χ3v) is 15.6. The highest BCUT2D eigenvalue weighted by molar-refractivity contribution is 5.71. The quantitative estimate of drug-likeness (QED) is 0.0261. The van der Waals surface area contributed by atoms with Crippen molar-refractivity contribution < 1.29 is 28.6 Å². The molecule has 0 aromatic carbocycles. The van der Waals surface area contributed by atoms with Crippen LogP contribution >= 0.6 is 0 Å². The van der Waals surface area contributed by atoms with Gasteiger partial charge >= 0.3 is 17.9 Å². The highest BCUT2D eigenvalue weighted by Gasteiger charge is 2.19. The zero-order chi connectivity index (χ0) is 59.9. The van der Waals surface area contributed by atoms with Crippen molar-refractivity contribution in [3.63, 3.8) is 0 Å². The zero-order valence-corrected chi connectivity index (χ0v) is 54.9. The highest BCUT2D eigenvalue weighted by Crippen LogP contribution is 2.18. The van der Waals surface area contributed by atoms with Crippen LogP contribution < -0.4 is 0 Å². The van der Waals surface area contributed by atoms with Crippen LogP contribution in [0, 0.1) is 0 Å². The van der Waals surface area contributed by atoms with Crippen LogP contribution in [0.5, 0.6) is 0 Å². The van der Waals surface area contributed by atoms with Gasteiger partial charge in [0.1, 0.15) is 13.2 Å². The lowest BCUT2D eigenvalue weighted by Crippen LogP contribution is -2.30. The molecule has 6 heteroatoms. The Morgan fingerprint density at radius 3 is 0.759 bits per heavy atom. The van der Waals surface area contributed by atoms with E-state index in [2.05, 4.69) is 118 Å². The Kier molecular flexibility index (Phi) is 67.7. The van der Waals surface area contributed by atoms with Crippen molar-refractivity contribution in [2.45, 2.75) is 361 Å². The normalized spacial score (nSPS) is 12.7. The van der Waals surface area contributed by atoms with E-state index in [1.54, 1.807) is 0 Å². The summed E-state index contributed by atoms with van der Waals surface area (Å²) in [7, 11) is 0. The van der Waals surface area contributed by atoms with E-state index in [4.69, 9.17) is 14.2 Å². The molecular weight excluding hydrogens is 1020 g/mol. The molecule has 0 aliphatic rings. The summed E-state index contributed by atoms with van der Waals surface area (Å²) >= 11 is 0. The molecule has 0 saturated heterocycles. The van der Waals surface area contributed by atoms with Gasteiger partial charge in [-0.3, -0.25) is 14.4 Å². The van der Waals surface area contributed by atoms with Gasteiger partial charge in [-0.05, 0) is 103 Å². The first-order chi connectivity index (χ1) is 41.0. The summed E-state index contributed by atoms with van der Waals surface area (Å²) in [4.78, 5) is 38.5. The molecule has 0 amide bonds. The van der Waals surface area contributed by atoms with Crippen molar-refractivity contribution in [1.82, 2.24) is 0 Å². The zero-order valence-electron chi connectivity index (χ0n) is 54.9. The maximum atomic E-state index is 13.0. The van der Waals surface area contributed by atoms with E-state index in [0.29, 0.717) is 19.3 Å². The first-order valence-corrected chi connectivity index (χ1v) is 35.7. The summed E-state index contributed by atoms with van der Waals surface area (Å²) in [5.41, 5.74) is 0. The monoisotopic (exact) mass is 1160 g/mol. The van der Waals surface area contributed by atoms with Gasteiger partial charge in [0.05, 0.1) is 0 Å². The van der Waals surface area contributed by atoms with Gasteiger partial charge in [-0.25, -0.2) is 0 Å². The molecule has 0 aliphatic heterocycles. The Hall–Kier alpha value is -3.67. The number of carbonyl (C=O) groups excluding carboxylic acids is 3. The minimum atomic E-state index is -0.796. The fourth-order valence-electron chi connectivity index (χ4n) is 10.2. The summed E-state index contributed by atoms with van der Waals surface area (Å²) in [6, 6.07) is 0. The van der Waals surface area contributed by atoms with Gasteiger partial charge in [-0.15, -0.1) is 0 Å². The smallest absolute Gasteiger partial charge is 0.306 e. The largest absolute Gasteiger partial charge is 0.462 e. The van der Waals surface area contributed by atoms with E-state index in [9.17, 15) is 14.4 Å². The Labute approximate surface area is 515 Å². The van der Waals surface area contributed by atoms with E-state index in [0.717, 1.165) is 128 Å². The van der Waals surface area contributed by atoms with Crippen molar-refractivity contribution in [2.24, 2.45) is 0 Å². The number of esters is 3. The van der Waals surface area contributed by atoms with Crippen LogP contribution in [0.2, 0.25) is 0 Å². The van der Waals surface area contributed by atoms with Gasteiger partial charge in [0.2, 0.25) is 0 Å². The van der Waals surface area contributed by atoms with Crippen molar-refractivity contribution in [2.75, 3.05) is 13.2 Å². The third kappa shape index (κ3) is 69.0. The number of hydrogen-bond donors (Lipinski definition) is 0. The van der Waals surface area contributed by atoms with E-state index < -0.39 is 6.10 Å². The van der Waals surface area contributed by atoms with Gasteiger partial charge in [-0.2, -0.15) is 0 Å². The second kappa shape index (κ2) is 70.8. The lowest BCUT2D eigenvalue weighted by molar-refractivity contribution is -0.167. The summed E-state index contributed by atoms with van der Waals surface area (Å²) < 4.78 is 17.0. The van der Waals surface area contributed by atoms with Crippen molar-refractivity contribution in [3.8, 4) is 0 Å². The van der Waals surface area contributed by atoms with E-state index >= 15 is 0 Å². The molecular formula is C77H134O6. The van der Waals surface area contributed by atoms with Crippen LogP contribution in [-0.2, 0) is 28.6 Å². The number of allylic oxidation sites excluding steroid dienone is 16. The number of rotatable bonds is 65. The molecule has 478 valence electrons. The lowest BCUT2D eigenvalue weighted by atomic mass is 10.0. The number of hydrogen-bond acceptors (Lipinski definition) is 6. The first-order valence-electron chi connectivity index (χ1n) is 35.7. The Morgan fingerprint density at radius 2 is 0.470 bits per heavy atom. The molecule has 0 N–H and O–H groups in total. The third-order valence-electron chi connectivity index (χ3n) is 15.6. The van der Waals surface area contributed by atoms with Crippen LogP contribution in [-0.4, -0.2) is 37.2 Å². The van der Waals surface area contributed by atoms with Crippen molar-refractivity contribution in [3.05, 3.63) is 97.2 Å². The van der Waals surface area contributed by atoms with Gasteiger partial charge in [0, 0.05) is 19.3 Å². The number of ether oxygens (including phenoxy) is 3. The average molecular weight is 1160 g/mol. The molecule has 0 bridgehead atoms. The Bertz CT molecular complexity index is 1610. The molecule has 0 aliphatic carbocycles. The summed E-state index contributed by atoms with van der Waals surface area (Å²) in [5, 5.41) is 0. The van der Waals surface area contributed by atoms with Gasteiger partial charge in [-0.1, -0.05) is 330 Å². The minimum Gasteiger partial charge on any atom is -0.462 e. The van der Waals surface area contributed by atoms with Crippen LogP contribution in [0.25, 0.3) is 0 Å². The predicted molar refractivity (Wildman–Crippen MR) is 362 cm³/mol. The molecule has 0 heterocycles. The molecule has 1 atom stereocenters. The number of carbonyl (C=O) groups is 3. The minimum absolute atomic E-state index is 0.0875. The van der Waals surface area contributed by atoms with Gasteiger partial charge in [0.15, 0.2) is 6.10 Å². The van der Waals surface area contributed by atoms with Crippen LogP contribution in [0.1, 0.15) is 355 Å². The van der Waals surface area contributed by atoms with Crippen LogP contribution in [0.15, 0.2) is 97.2 Å². The van der Waals surface area contributed by atoms with E-state index in [1.807, 2.05) is 0 Å². The molecule has 0 saturated carbocycles. The van der Waals surface area contributed by atoms with Gasteiger partial charge < -0.3 is 14.2 Å². The molecule has 83 heavy (non-hydrogen) atoms. The Morgan fingerprint density at radius 1 is 0.253 bits per heavy atom. The summed E-state index contributed by atoms with van der Waals surface area (Å²) in [6.07, 6.45) is 95.7. The van der Waals surface area contributed by atoms with Crippen LogP contribution in [0.4, 0.5) is 0 Å². The van der Waals surface area contributed by atoms with E-state index in [-0.39, 0.29) is 31.1 Å². The van der Waals surface area contributed by atoms with Crippen molar-refractivity contribution >= 4 is 17.9 Å². The maximum Gasteiger partial charge on any atom is 0.306 e. The van der Waals surface area contributed by atoms with Gasteiger partial charge in [0.25, 0.3) is 0 Å². The standard InChI is InChI=1S/C77H134O6/c1-4-7-10-13-16-19-22-25-28-31-34-36-37-38-39-41-43-46-49-52-55-58-61-64-67-70-76(79)82-73-74(72-81-75(78)69-66-63-60-57-54-51-48-45-42-33-30-27-24-21-18-15-12-9-6-3)83-77(80)71-68-65-62-59-56-53-50-47-44-40-35-32-29-26-23-20-17-14-11-8-5-2/h8,11,17-18,20-21,26-27,29-30,35,40,42,45,47,50,74H,4-7,9-10,12-16,19,22-25,28,31-34,36-39,41,43-44,46,48-49,51-73H2,1-3H3/b11-8-,20-17-,21-18-,29-26-,30-27-,40-35-,45-42-,50-47-. The fraction of sp³-hybridized carbons (Fsp3) is 0.753. The molecule has 0 aromatic heterocycles. The molecule has 0 fully saturated rings. The topological polar surface area (TPSA) is 78.9 Å².